The Bertz CT molecular complexity index is 488. The van der Waals surface area contributed by atoms with Crippen LogP contribution in [0.5, 0.6) is 0 Å². The van der Waals surface area contributed by atoms with Gasteiger partial charge in [-0.3, -0.25) is 0 Å². The zero-order valence-corrected chi connectivity index (χ0v) is 12.2. The number of aryl methyl sites for hydroxylation is 1. The summed E-state index contributed by atoms with van der Waals surface area (Å²) in [5.41, 5.74) is 0.518. The molecule has 0 aliphatic carbocycles. The smallest absolute Gasteiger partial charge is 0.329 e. The lowest BCUT2D eigenvalue weighted by atomic mass is 9.97. The van der Waals surface area contributed by atoms with E-state index in [4.69, 9.17) is 0 Å². The summed E-state index contributed by atoms with van der Waals surface area (Å²) in [6.07, 6.45) is 1.93. The van der Waals surface area contributed by atoms with Gasteiger partial charge in [0.1, 0.15) is 5.54 Å². The molecule has 0 spiro atoms. The SMILES string of the molecule is CCCC(C)(NC(=O)Nc1cccc(CC)c1)C(=O)O. The maximum atomic E-state index is 11.9. The van der Waals surface area contributed by atoms with Crippen molar-refractivity contribution in [2.75, 3.05) is 5.32 Å². The molecule has 3 N–H and O–H groups in total. The van der Waals surface area contributed by atoms with Crippen LogP contribution >= 0.6 is 0 Å². The Kier molecular flexibility index (Phi) is 5.55. The predicted molar refractivity (Wildman–Crippen MR) is 78.9 cm³/mol. The second-order valence-electron chi connectivity index (χ2n) is 5.02. The van der Waals surface area contributed by atoms with Crippen LogP contribution < -0.4 is 10.6 Å². The highest BCUT2D eigenvalue weighted by molar-refractivity contribution is 5.93. The summed E-state index contributed by atoms with van der Waals surface area (Å²) in [4.78, 5) is 23.2. The minimum atomic E-state index is -1.25. The van der Waals surface area contributed by atoms with Gasteiger partial charge >= 0.3 is 12.0 Å². The highest BCUT2D eigenvalue weighted by Gasteiger charge is 2.33. The van der Waals surface area contributed by atoms with E-state index in [1.54, 1.807) is 6.07 Å². The van der Waals surface area contributed by atoms with Gasteiger partial charge in [0.2, 0.25) is 0 Å². The van der Waals surface area contributed by atoms with E-state index in [1.807, 2.05) is 32.0 Å². The maximum Gasteiger partial charge on any atom is 0.329 e. The number of rotatable bonds is 6. The molecule has 0 fully saturated rings. The van der Waals surface area contributed by atoms with Gasteiger partial charge in [0, 0.05) is 5.69 Å². The minimum Gasteiger partial charge on any atom is -0.480 e. The first-order valence-electron chi connectivity index (χ1n) is 6.82. The summed E-state index contributed by atoms with van der Waals surface area (Å²) >= 11 is 0. The van der Waals surface area contributed by atoms with E-state index in [2.05, 4.69) is 10.6 Å². The van der Waals surface area contributed by atoms with Gasteiger partial charge in [-0.15, -0.1) is 0 Å². The summed E-state index contributed by atoms with van der Waals surface area (Å²) < 4.78 is 0. The van der Waals surface area contributed by atoms with Gasteiger partial charge in [-0.05, 0) is 37.5 Å². The van der Waals surface area contributed by atoms with Crippen molar-refractivity contribution in [3.05, 3.63) is 29.8 Å². The lowest BCUT2D eigenvalue weighted by Gasteiger charge is -2.25. The summed E-state index contributed by atoms with van der Waals surface area (Å²) in [5.74, 6) is -1.03. The molecule has 0 saturated heterocycles. The van der Waals surface area contributed by atoms with E-state index in [9.17, 15) is 14.7 Å². The van der Waals surface area contributed by atoms with Crippen LogP contribution in [0.25, 0.3) is 0 Å². The fourth-order valence-electron chi connectivity index (χ4n) is 2.00. The first-order chi connectivity index (χ1) is 9.41. The number of hydrogen-bond acceptors (Lipinski definition) is 2. The highest BCUT2D eigenvalue weighted by atomic mass is 16.4. The number of hydrogen-bond donors (Lipinski definition) is 3. The average Bonchev–Trinajstić information content (AvgIpc) is 2.38. The van der Waals surface area contributed by atoms with Crippen molar-refractivity contribution in [2.24, 2.45) is 0 Å². The first kappa shape index (κ1) is 16.0. The van der Waals surface area contributed by atoms with Gasteiger partial charge < -0.3 is 15.7 Å². The summed E-state index contributed by atoms with van der Waals surface area (Å²) in [5, 5.41) is 14.4. The molecule has 2 amide bonds. The number of carbonyl (C=O) groups is 2. The number of anilines is 1. The van der Waals surface area contributed by atoms with Crippen molar-refractivity contribution in [3.63, 3.8) is 0 Å². The molecular formula is C15H22N2O3. The van der Waals surface area contributed by atoms with Gasteiger partial charge in [0.25, 0.3) is 0 Å². The van der Waals surface area contributed by atoms with Gasteiger partial charge in [-0.2, -0.15) is 0 Å². The zero-order chi connectivity index (χ0) is 15.2. The van der Waals surface area contributed by atoms with Crippen molar-refractivity contribution in [1.29, 1.82) is 0 Å². The summed E-state index contributed by atoms with van der Waals surface area (Å²) in [6.45, 7) is 5.42. The van der Waals surface area contributed by atoms with Crippen molar-refractivity contribution >= 4 is 17.7 Å². The molecule has 5 heteroatoms. The highest BCUT2D eigenvalue weighted by Crippen LogP contribution is 2.14. The Labute approximate surface area is 119 Å². The van der Waals surface area contributed by atoms with Gasteiger partial charge in [0.05, 0.1) is 0 Å². The first-order valence-corrected chi connectivity index (χ1v) is 6.82. The van der Waals surface area contributed by atoms with E-state index >= 15 is 0 Å². The molecule has 0 aliphatic heterocycles. The van der Waals surface area contributed by atoms with E-state index in [-0.39, 0.29) is 0 Å². The maximum absolute atomic E-state index is 11.9. The molecule has 5 nitrogen and oxygen atoms in total. The molecule has 0 aliphatic rings. The Morgan fingerprint density at radius 2 is 2.00 bits per heavy atom. The summed E-state index contributed by atoms with van der Waals surface area (Å²) in [6, 6.07) is 6.98. The molecule has 1 aromatic rings. The molecular weight excluding hydrogens is 256 g/mol. The third-order valence-corrected chi connectivity index (χ3v) is 3.20. The Morgan fingerprint density at radius 1 is 1.30 bits per heavy atom. The quantitative estimate of drug-likeness (QED) is 0.748. The third-order valence-electron chi connectivity index (χ3n) is 3.20. The van der Waals surface area contributed by atoms with E-state index in [0.29, 0.717) is 18.5 Å². The van der Waals surface area contributed by atoms with Crippen LogP contribution in [0.2, 0.25) is 0 Å². The predicted octanol–water partition coefficient (Wildman–Crippen LogP) is 3.01. The number of aliphatic carboxylic acids is 1. The molecule has 0 bridgehead atoms. The molecule has 1 unspecified atom stereocenters. The van der Waals surface area contributed by atoms with Crippen molar-refractivity contribution in [2.45, 2.75) is 45.6 Å². The molecule has 1 aromatic carbocycles. The van der Waals surface area contributed by atoms with Crippen LogP contribution in [0.4, 0.5) is 10.5 Å². The van der Waals surface area contributed by atoms with Crippen LogP contribution in [-0.2, 0) is 11.2 Å². The van der Waals surface area contributed by atoms with Crippen LogP contribution in [0.1, 0.15) is 39.2 Å². The van der Waals surface area contributed by atoms with Gasteiger partial charge in [-0.1, -0.05) is 32.4 Å². The second kappa shape index (κ2) is 6.93. The van der Waals surface area contributed by atoms with E-state index < -0.39 is 17.5 Å². The second-order valence-corrected chi connectivity index (χ2v) is 5.02. The largest absolute Gasteiger partial charge is 0.480 e. The molecule has 0 aromatic heterocycles. The number of carboxylic acids is 1. The number of amides is 2. The molecule has 0 saturated carbocycles. The monoisotopic (exact) mass is 278 g/mol. The number of carboxylic acid groups (broad SMARTS) is 1. The molecule has 0 heterocycles. The fourth-order valence-corrected chi connectivity index (χ4v) is 2.00. The molecule has 20 heavy (non-hydrogen) atoms. The summed E-state index contributed by atoms with van der Waals surface area (Å²) in [7, 11) is 0. The zero-order valence-electron chi connectivity index (χ0n) is 12.2. The van der Waals surface area contributed by atoms with Crippen LogP contribution in [0.3, 0.4) is 0 Å². The lowest BCUT2D eigenvalue weighted by molar-refractivity contribution is -0.143. The number of urea groups is 1. The van der Waals surface area contributed by atoms with Crippen LogP contribution in [0.15, 0.2) is 24.3 Å². The Balaban J connectivity index is 2.73. The topological polar surface area (TPSA) is 78.4 Å². The lowest BCUT2D eigenvalue weighted by Crippen LogP contribution is -2.53. The van der Waals surface area contributed by atoms with Crippen LogP contribution in [-0.4, -0.2) is 22.6 Å². The number of nitrogens with one attached hydrogen (secondary N) is 2. The fraction of sp³-hybridized carbons (Fsp3) is 0.467. The Morgan fingerprint density at radius 3 is 2.55 bits per heavy atom. The van der Waals surface area contributed by atoms with Crippen LogP contribution in [0, 0.1) is 0 Å². The van der Waals surface area contributed by atoms with E-state index in [0.717, 1.165) is 12.0 Å². The molecule has 0 radical (unpaired) electrons. The van der Waals surface area contributed by atoms with Crippen molar-refractivity contribution < 1.29 is 14.7 Å². The molecule has 1 rings (SSSR count). The number of carbonyl (C=O) groups excluding carboxylic acids is 1. The third kappa shape index (κ3) is 4.26. The molecule has 1 atom stereocenters. The molecule has 110 valence electrons. The number of benzene rings is 1. The van der Waals surface area contributed by atoms with Crippen molar-refractivity contribution in [3.8, 4) is 0 Å². The average molecular weight is 278 g/mol. The standard InChI is InChI=1S/C15H22N2O3/c1-4-9-15(3,13(18)19)17-14(20)16-12-8-6-7-11(5-2)10-12/h6-8,10H,4-5,9H2,1-3H3,(H,18,19)(H2,16,17,20). The minimum absolute atomic E-state index is 0.380. The Hall–Kier alpha value is -2.04. The van der Waals surface area contributed by atoms with Gasteiger partial charge in [-0.25, -0.2) is 9.59 Å². The van der Waals surface area contributed by atoms with Crippen molar-refractivity contribution in [1.82, 2.24) is 5.32 Å². The van der Waals surface area contributed by atoms with E-state index in [1.165, 1.54) is 6.92 Å². The normalized spacial score (nSPS) is 13.3. The van der Waals surface area contributed by atoms with Gasteiger partial charge in [0.15, 0.2) is 0 Å².